The van der Waals surface area contributed by atoms with Gasteiger partial charge in [-0.1, -0.05) is 12.1 Å². The second kappa shape index (κ2) is 6.84. The first kappa shape index (κ1) is 16.8. The molecule has 3 aromatic rings. The normalized spacial score (nSPS) is 11.4. The lowest BCUT2D eigenvalue weighted by Crippen LogP contribution is -2.05. The highest BCUT2D eigenvalue weighted by molar-refractivity contribution is 5.62. The molecule has 0 saturated heterocycles. The molecule has 0 radical (unpaired) electrons. The van der Waals surface area contributed by atoms with E-state index < -0.39 is 11.7 Å². The Hall–Kier alpha value is -3.03. The van der Waals surface area contributed by atoms with Gasteiger partial charge in [0.15, 0.2) is 0 Å². The molecule has 3 rings (SSSR count). The Bertz CT molecular complexity index is 845. The van der Waals surface area contributed by atoms with Gasteiger partial charge >= 0.3 is 6.18 Å². The SMILES string of the molecule is COc1ccccc1-c1nnc(CNc2ccc(C(F)(F)F)cc2)o1. The summed E-state index contributed by atoms with van der Waals surface area (Å²) in [6.45, 7) is 0.188. The molecule has 5 nitrogen and oxygen atoms in total. The lowest BCUT2D eigenvalue weighted by atomic mass is 10.2. The molecule has 0 bridgehead atoms. The van der Waals surface area contributed by atoms with E-state index in [9.17, 15) is 13.2 Å². The van der Waals surface area contributed by atoms with E-state index in [-0.39, 0.29) is 6.54 Å². The fourth-order valence-corrected chi connectivity index (χ4v) is 2.21. The quantitative estimate of drug-likeness (QED) is 0.741. The van der Waals surface area contributed by atoms with Gasteiger partial charge < -0.3 is 14.5 Å². The Morgan fingerprint density at radius 2 is 1.76 bits per heavy atom. The first-order valence-electron chi connectivity index (χ1n) is 7.34. The molecule has 0 unspecified atom stereocenters. The molecule has 0 fully saturated rings. The van der Waals surface area contributed by atoms with Crippen molar-refractivity contribution >= 4 is 5.69 Å². The van der Waals surface area contributed by atoms with Gasteiger partial charge in [-0.25, -0.2) is 0 Å². The minimum atomic E-state index is -4.35. The molecule has 1 heterocycles. The number of nitrogens with one attached hydrogen (secondary N) is 1. The van der Waals surface area contributed by atoms with Crippen molar-refractivity contribution in [3.8, 4) is 17.2 Å². The van der Waals surface area contributed by atoms with Gasteiger partial charge in [0.25, 0.3) is 5.89 Å². The Kier molecular flexibility index (Phi) is 4.60. The monoisotopic (exact) mass is 349 g/mol. The molecule has 0 spiro atoms. The van der Waals surface area contributed by atoms with Crippen molar-refractivity contribution in [3.63, 3.8) is 0 Å². The predicted octanol–water partition coefficient (Wildman–Crippen LogP) is 4.38. The van der Waals surface area contributed by atoms with Crippen molar-refractivity contribution in [1.82, 2.24) is 10.2 Å². The molecule has 1 aromatic heterocycles. The second-order valence-electron chi connectivity index (χ2n) is 5.13. The van der Waals surface area contributed by atoms with E-state index in [1.54, 1.807) is 19.2 Å². The maximum Gasteiger partial charge on any atom is 0.416 e. The molecule has 130 valence electrons. The largest absolute Gasteiger partial charge is 0.496 e. The molecule has 0 aliphatic rings. The van der Waals surface area contributed by atoms with E-state index in [2.05, 4.69) is 15.5 Å². The maximum atomic E-state index is 12.5. The molecule has 0 atom stereocenters. The van der Waals surface area contributed by atoms with Crippen LogP contribution in [0.25, 0.3) is 11.5 Å². The number of aromatic nitrogens is 2. The highest BCUT2D eigenvalue weighted by Gasteiger charge is 2.29. The number of methoxy groups -OCH3 is 1. The smallest absolute Gasteiger partial charge is 0.416 e. The average molecular weight is 349 g/mol. The van der Waals surface area contributed by atoms with Crippen LogP contribution < -0.4 is 10.1 Å². The van der Waals surface area contributed by atoms with Crippen LogP contribution in [0.15, 0.2) is 52.9 Å². The van der Waals surface area contributed by atoms with Gasteiger partial charge in [-0.2, -0.15) is 13.2 Å². The van der Waals surface area contributed by atoms with Gasteiger partial charge in [0.05, 0.1) is 24.8 Å². The molecule has 25 heavy (non-hydrogen) atoms. The van der Waals surface area contributed by atoms with Crippen LogP contribution in [0, 0.1) is 0 Å². The first-order chi connectivity index (χ1) is 12.0. The summed E-state index contributed by atoms with van der Waals surface area (Å²) in [4.78, 5) is 0. The summed E-state index contributed by atoms with van der Waals surface area (Å²) in [6, 6.07) is 11.9. The Morgan fingerprint density at radius 3 is 2.44 bits per heavy atom. The van der Waals surface area contributed by atoms with Gasteiger partial charge in [-0.05, 0) is 36.4 Å². The summed E-state index contributed by atoms with van der Waals surface area (Å²) in [7, 11) is 1.54. The minimum Gasteiger partial charge on any atom is -0.496 e. The van der Waals surface area contributed by atoms with Crippen LogP contribution in [0.1, 0.15) is 11.5 Å². The van der Waals surface area contributed by atoms with Crippen LogP contribution in [0.5, 0.6) is 5.75 Å². The summed E-state index contributed by atoms with van der Waals surface area (Å²) in [5.74, 6) is 1.22. The second-order valence-corrected chi connectivity index (χ2v) is 5.13. The number of hydrogen-bond donors (Lipinski definition) is 1. The fraction of sp³-hybridized carbons (Fsp3) is 0.176. The van der Waals surface area contributed by atoms with Crippen LogP contribution in [-0.4, -0.2) is 17.3 Å². The molecule has 0 amide bonds. The van der Waals surface area contributed by atoms with Gasteiger partial charge in [-0.3, -0.25) is 0 Å². The molecule has 8 heteroatoms. The fourth-order valence-electron chi connectivity index (χ4n) is 2.21. The zero-order valence-electron chi connectivity index (χ0n) is 13.2. The van der Waals surface area contributed by atoms with E-state index in [1.165, 1.54) is 12.1 Å². The standard InChI is InChI=1S/C17H14F3N3O2/c1-24-14-5-3-2-4-13(14)16-23-22-15(25-16)10-21-12-8-6-11(7-9-12)17(18,19)20/h2-9,21H,10H2,1H3. The number of halogens is 3. The molecule has 2 aromatic carbocycles. The van der Waals surface area contributed by atoms with Crippen LogP contribution in [0.2, 0.25) is 0 Å². The first-order valence-corrected chi connectivity index (χ1v) is 7.34. The van der Waals surface area contributed by atoms with Gasteiger partial charge in [0.1, 0.15) is 5.75 Å². The summed E-state index contributed by atoms with van der Waals surface area (Å²) >= 11 is 0. The van der Waals surface area contributed by atoms with Gasteiger partial charge in [-0.15, -0.1) is 10.2 Å². The van der Waals surface area contributed by atoms with Crippen LogP contribution in [-0.2, 0) is 12.7 Å². The summed E-state index contributed by atoms with van der Waals surface area (Å²) in [5, 5.41) is 10.8. The van der Waals surface area contributed by atoms with Crippen molar-refractivity contribution in [3.05, 3.63) is 60.0 Å². The molecule has 0 aliphatic carbocycles. The molecular weight excluding hydrogens is 335 g/mol. The van der Waals surface area contributed by atoms with E-state index >= 15 is 0 Å². The van der Waals surface area contributed by atoms with Gasteiger partial charge in [0, 0.05) is 5.69 Å². The highest BCUT2D eigenvalue weighted by atomic mass is 19.4. The lowest BCUT2D eigenvalue weighted by molar-refractivity contribution is -0.137. The highest BCUT2D eigenvalue weighted by Crippen LogP contribution is 2.30. The lowest BCUT2D eigenvalue weighted by Gasteiger charge is -2.08. The van der Waals surface area contributed by atoms with Crippen molar-refractivity contribution in [2.75, 3.05) is 12.4 Å². The summed E-state index contributed by atoms with van der Waals surface area (Å²) in [5.41, 5.74) is 0.484. The third-order valence-electron chi connectivity index (χ3n) is 3.46. The Morgan fingerprint density at radius 1 is 1.04 bits per heavy atom. The predicted molar refractivity (Wildman–Crippen MR) is 85.1 cm³/mol. The Labute approximate surface area is 141 Å². The van der Waals surface area contributed by atoms with E-state index in [4.69, 9.17) is 9.15 Å². The van der Waals surface area contributed by atoms with Crippen molar-refractivity contribution < 1.29 is 22.3 Å². The van der Waals surface area contributed by atoms with E-state index in [0.29, 0.717) is 28.8 Å². The number of ether oxygens (including phenoxy) is 1. The van der Waals surface area contributed by atoms with Crippen LogP contribution >= 0.6 is 0 Å². The van der Waals surface area contributed by atoms with E-state index in [1.807, 2.05) is 12.1 Å². The minimum absolute atomic E-state index is 0.188. The van der Waals surface area contributed by atoms with Gasteiger partial charge in [0.2, 0.25) is 5.89 Å². The van der Waals surface area contributed by atoms with E-state index in [0.717, 1.165) is 12.1 Å². The topological polar surface area (TPSA) is 60.2 Å². The van der Waals surface area contributed by atoms with Crippen LogP contribution in [0.3, 0.4) is 0 Å². The third-order valence-corrected chi connectivity index (χ3v) is 3.46. The molecular formula is C17H14F3N3O2. The number of hydrogen-bond acceptors (Lipinski definition) is 5. The molecule has 0 saturated carbocycles. The summed E-state index contributed by atoms with van der Waals surface area (Å²) < 4.78 is 48.4. The molecule has 1 N–H and O–H groups in total. The third kappa shape index (κ3) is 3.90. The van der Waals surface area contributed by atoms with Crippen molar-refractivity contribution in [2.45, 2.75) is 12.7 Å². The zero-order valence-corrected chi connectivity index (χ0v) is 13.2. The maximum absolute atomic E-state index is 12.5. The number of rotatable bonds is 5. The number of benzene rings is 2. The van der Waals surface area contributed by atoms with Crippen molar-refractivity contribution in [1.29, 1.82) is 0 Å². The average Bonchev–Trinajstić information content (AvgIpc) is 3.08. The number of alkyl halides is 3. The number of anilines is 1. The summed E-state index contributed by atoms with van der Waals surface area (Å²) in [6.07, 6.45) is -4.35. The number of para-hydroxylation sites is 1. The Balaban J connectivity index is 1.68. The molecule has 0 aliphatic heterocycles. The number of nitrogens with zero attached hydrogens (tertiary/aromatic N) is 2. The zero-order chi connectivity index (χ0) is 17.9. The van der Waals surface area contributed by atoms with Crippen molar-refractivity contribution in [2.24, 2.45) is 0 Å². The van der Waals surface area contributed by atoms with Crippen LogP contribution in [0.4, 0.5) is 18.9 Å².